The molecule has 1 aromatic rings. The lowest BCUT2D eigenvalue weighted by molar-refractivity contribution is 0.368. The second-order valence-corrected chi connectivity index (χ2v) is 6.69. The second kappa shape index (κ2) is 7.66. The van der Waals surface area contributed by atoms with Crippen molar-refractivity contribution in [1.29, 1.82) is 0 Å². The summed E-state index contributed by atoms with van der Waals surface area (Å²) in [4.78, 5) is 0. The number of rotatable bonds is 6. The lowest BCUT2D eigenvalue weighted by Gasteiger charge is -2.25. The van der Waals surface area contributed by atoms with E-state index in [0.29, 0.717) is 5.92 Å². The van der Waals surface area contributed by atoms with E-state index in [0.717, 1.165) is 8.95 Å². The first kappa shape index (κ1) is 16.2. The summed E-state index contributed by atoms with van der Waals surface area (Å²) < 4.78 is 2.27. The normalized spacial score (nSPS) is 13.1. The van der Waals surface area contributed by atoms with Gasteiger partial charge in [0.15, 0.2) is 0 Å². The van der Waals surface area contributed by atoms with E-state index in [1.165, 1.54) is 36.8 Å². The molecule has 0 radical (unpaired) electrons. The van der Waals surface area contributed by atoms with Crippen molar-refractivity contribution in [2.75, 3.05) is 0 Å². The van der Waals surface area contributed by atoms with Crippen LogP contribution in [-0.4, -0.2) is 0 Å². The van der Waals surface area contributed by atoms with E-state index in [2.05, 4.69) is 64.8 Å². The Bertz CT molecular complexity index is 384. The van der Waals surface area contributed by atoms with Crippen molar-refractivity contribution in [3.05, 3.63) is 32.2 Å². The lowest BCUT2D eigenvalue weighted by atomic mass is 9.86. The molecule has 18 heavy (non-hydrogen) atoms. The zero-order valence-corrected chi connectivity index (χ0v) is 14.6. The van der Waals surface area contributed by atoms with Crippen molar-refractivity contribution in [2.45, 2.75) is 52.5 Å². The average molecular weight is 377 g/mol. The summed E-state index contributed by atoms with van der Waals surface area (Å²) in [7, 11) is 0. The van der Waals surface area contributed by atoms with Crippen LogP contribution in [0.3, 0.4) is 0 Å². The monoisotopic (exact) mass is 375 g/mol. The SMILES string of the molecule is CCCC(CCC)C(N)c1cc(Br)c(C)cc1Br. The van der Waals surface area contributed by atoms with Gasteiger partial charge in [-0.2, -0.15) is 0 Å². The molecule has 0 aliphatic carbocycles. The van der Waals surface area contributed by atoms with E-state index in [-0.39, 0.29) is 6.04 Å². The van der Waals surface area contributed by atoms with Gasteiger partial charge in [0.05, 0.1) is 0 Å². The van der Waals surface area contributed by atoms with Gasteiger partial charge in [0.25, 0.3) is 0 Å². The zero-order valence-electron chi connectivity index (χ0n) is 11.5. The highest BCUT2D eigenvalue weighted by Gasteiger charge is 2.20. The molecule has 1 atom stereocenters. The van der Waals surface area contributed by atoms with Gasteiger partial charge in [-0.05, 0) is 48.9 Å². The molecular formula is C15H23Br2N. The quantitative estimate of drug-likeness (QED) is 0.673. The Morgan fingerprint density at radius 3 is 2.11 bits per heavy atom. The molecule has 0 saturated heterocycles. The fourth-order valence-corrected chi connectivity index (χ4v) is 3.50. The summed E-state index contributed by atoms with van der Waals surface area (Å²) in [5, 5.41) is 0. The maximum absolute atomic E-state index is 6.48. The molecule has 0 aromatic heterocycles. The van der Waals surface area contributed by atoms with Crippen LogP contribution in [0, 0.1) is 12.8 Å². The molecule has 1 aromatic carbocycles. The maximum atomic E-state index is 6.48. The van der Waals surface area contributed by atoms with Crippen molar-refractivity contribution < 1.29 is 0 Å². The van der Waals surface area contributed by atoms with Gasteiger partial charge < -0.3 is 5.73 Å². The van der Waals surface area contributed by atoms with Crippen LogP contribution in [0.25, 0.3) is 0 Å². The highest BCUT2D eigenvalue weighted by molar-refractivity contribution is 9.11. The number of benzene rings is 1. The Kier molecular flexibility index (Phi) is 6.89. The molecule has 1 nitrogen and oxygen atoms in total. The molecule has 1 rings (SSSR count). The number of aryl methyl sites for hydroxylation is 1. The van der Waals surface area contributed by atoms with Crippen LogP contribution in [0.5, 0.6) is 0 Å². The van der Waals surface area contributed by atoms with Crippen molar-refractivity contribution in [1.82, 2.24) is 0 Å². The molecule has 1 unspecified atom stereocenters. The fraction of sp³-hybridized carbons (Fsp3) is 0.600. The van der Waals surface area contributed by atoms with Gasteiger partial charge in [-0.25, -0.2) is 0 Å². The number of halogens is 2. The van der Waals surface area contributed by atoms with E-state index in [1.807, 2.05) is 0 Å². The first-order chi connectivity index (χ1) is 8.51. The summed E-state index contributed by atoms with van der Waals surface area (Å²) in [6, 6.07) is 4.44. The van der Waals surface area contributed by atoms with Gasteiger partial charge in [-0.15, -0.1) is 0 Å². The largest absolute Gasteiger partial charge is 0.324 e. The third-order valence-corrected chi connectivity index (χ3v) is 5.00. The Morgan fingerprint density at radius 1 is 1.06 bits per heavy atom. The molecule has 0 saturated carbocycles. The minimum atomic E-state index is 0.121. The van der Waals surface area contributed by atoms with Gasteiger partial charge in [-0.3, -0.25) is 0 Å². The second-order valence-electron chi connectivity index (χ2n) is 4.99. The highest BCUT2D eigenvalue weighted by atomic mass is 79.9. The molecule has 0 fully saturated rings. The Morgan fingerprint density at radius 2 is 1.61 bits per heavy atom. The van der Waals surface area contributed by atoms with E-state index in [1.54, 1.807) is 0 Å². The van der Waals surface area contributed by atoms with Crippen molar-refractivity contribution in [3.63, 3.8) is 0 Å². The van der Waals surface area contributed by atoms with Gasteiger partial charge in [0.2, 0.25) is 0 Å². The van der Waals surface area contributed by atoms with Crippen LogP contribution < -0.4 is 5.73 Å². The smallest absolute Gasteiger partial charge is 0.0335 e. The fourth-order valence-electron chi connectivity index (χ4n) is 2.42. The van der Waals surface area contributed by atoms with E-state index >= 15 is 0 Å². The van der Waals surface area contributed by atoms with Gasteiger partial charge in [0.1, 0.15) is 0 Å². The minimum Gasteiger partial charge on any atom is -0.324 e. The van der Waals surface area contributed by atoms with Crippen LogP contribution in [0.15, 0.2) is 21.1 Å². The van der Waals surface area contributed by atoms with Gasteiger partial charge >= 0.3 is 0 Å². The molecule has 3 heteroatoms. The standard InChI is InChI=1S/C15H23Br2N/c1-4-6-11(7-5-2)15(18)12-9-13(16)10(3)8-14(12)17/h8-9,11,15H,4-7,18H2,1-3H3. The number of nitrogens with two attached hydrogens (primary N) is 1. The molecule has 2 N–H and O–H groups in total. The summed E-state index contributed by atoms with van der Waals surface area (Å²) in [6.45, 7) is 6.56. The van der Waals surface area contributed by atoms with Crippen molar-refractivity contribution >= 4 is 31.9 Å². The highest BCUT2D eigenvalue weighted by Crippen LogP contribution is 2.35. The zero-order chi connectivity index (χ0) is 13.7. The maximum Gasteiger partial charge on any atom is 0.0335 e. The van der Waals surface area contributed by atoms with Crippen molar-refractivity contribution in [3.8, 4) is 0 Å². The van der Waals surface area contributed by atoms with Crippen LogP contribution in [0.4, 0.5) is 0 Å². The van der Waals surface area contributed by atoms with Gasteiger partial charge in [0, 0.05) is 15.0 Å². The first-order valence-corrected chi connectivity index (χ1v) is 8.30. The van der Waals surface area contributed by atoms with E-state index in [9.17, 15) is 0 Å². The molecule has 102 valence electrons. The summed E-state index contributed by atoms with van der Waals surface area (Å²) in [5.41, 5.74) is 8.94. The molecule has 0 heterocycles. The minimum absolute atomic E-state index is 0.121. The third-order valence-electron chi connectivity index (χ3n) is 3.46. The molecule has 0 amide bonds. The Hall–Kier alpha value is 0.140. The van der Waals surface area contributed by atoms with E-state index < -0.39 is 0 Å². The first-order valence-electron chi connectivity index (χ1n) is 6.72. The molecule has 0 spiro atoms. The number of hydrogen-bond donors (Lipinski definition) is 1. The van der Waals surface area contributed by atoms with Crippen LogP contribution in [0.2, 0.25) is 0 Å². The summed E-state index contributed by atoms with van der Waals surface area (Å²) in [5.74, 6) is 0.575. The predicted molar refractivity (Wildman–Crippen MR) is 86.8 cm³/mol. The topological polar surface area (TPSA) is 26.0 Å². The predicted octanol–water partition coefficient (Wildman–Crippen LogP) is 5.74. The third kappa shape index (κ3) is 4.07. The van der Waals surface area contributed by atoms with Crippen molar-refractivity contribution in [2.24, 2.45) is 11.7 Å². The van der Waals surface area contributed by atoms with Gasteiger partial charge in [-0.1, -0.05) is 58.5 Å². The lowest BCUT2D eigenvalue weighted by Crippen LogP contribution is -2.22. The molecule has 0 aliphatic rings. The van der Waals surface area contributed by atoms with Crippen LogP contribution in [-0.2, 0) is 0 Å². The summed E-state index contributed by atoms with van der Waals surface area (Å²) >= 11 is 7.25. The van der Waals surface area contributed by atoms with Crippen LogP contribution in [0.1, 0.15) is 56.7 Å². The molecule has 0 bridgehead atoms. The van der Waals surface area contributed by atoms with E-state index in [4.69, 9.17) is 5.73 Å². The van der Waals surface area contributed by atoms with Crippen LogP contribution >= 0.6 is 31.9 Å². The average Bonchev–Trinajstić information content (AvgIpc) is 2.33. The number of hydrogen-bond acceptors (Lipinski definition) is 1. The molecule has 0 aliphatic heterocycles. The molecular weight excluding hydrogens is 354 g/mol. The Balaban J connectivity index is 3.00. The Labute approximate surface area is 128 Å². The summed E-state index contributed by atoms with van der Waals surface area (Å²) in [6.07, 6.45) is 4.80.